The largest absolute Gasteiger partial charge is 0.379 e. The molecule has 6 heteroatoms. The Kier molecular flexibility index (Phi) is 9.97. The van der Waals surface area contributed by atoms with Gasteiger partial charge in [0.2, 0.25) is 11.2 Å². The fraction of sp³-hybridized carbons (Fsp3) is 0.178. The van der Waals surface area contributed by atoms with E-state index in [0.717, 1.165) is 74.1 Å². The summed E-state index contributed by atoms with van der Waals surface area (Å²) in [4.78, 5) is 8.67. The van der Waals surface area contributed by atoms with Crippen molar-refractivity contribution in [3.63, 3.8) is 0 Å². The molecular weight excluding hydrogens is 645 g/mol. The Hall–Kier alpha value is -5.14. The molecule has 0 N–H and O–H groups in total. The summed E-state index contributed by atoms with van der Waals surface area (Å²) < 4.78 is 7.87. The van der Waals surface area contributed by atoms with Crippen LogP contribution < -0.4 is 14.4 Å². The maximum atomic E-state index is 5.58. The number of anilines is 4. The van der Waals surface area contributed by atoms with Crippen LogP contribution in [-0.2, 0) is 11.8 Å². The van der Waals surface area contributed by atoms with Gasteiger partial charge < -0.3 is 14.5 Å². The Bertz CT molecular complexity index is 2120. The molecule has 5 aromatic carbocycles. The molecule has 0 bridgehead atoms. The minimum atomic E-state index is 0.843. The summed E-state index contributed by atoms with van der Waals surface area (Å²) in [6, 6.07) is 49.8. The topological polar surface area (TPSA) is 22.8 Å². The minimum Gasteiger partial charge on any atom is -0.379 e. The van der Waals surface area contributed by atoms with Crippen molar-refractivity contribution in [1.82, 2.24) is 4.90 Å². The van der Waals surface area contributed by atoms with Gasteiger partial charge in [0.25, 0.3) is 0 Å². The summed E-state index contributed by atoms with van der Waals surface area (Å²) in [6.45, 7) is 5.82. The molecule has 0 radical (unpaired) electrons. The summed E-state index contributed by atoms with van der Waals surface area (Å²) >= 11 is 1.88. The zero-order valence-corrected chi connectivity index (χ0v) is 29.9. The van der Waals surface area contributed by atoms with Gasteiger partial charge in [0.15, 0.2) is 0 Å². The molecule has 8 rings (SSSR count). The Morgan fingerprint density at radius 1 is 0.706 bits per heavy atom. The van der Waals surface area contributed by atoms with Crippen LogP contribution in [0.4, 0.5) is 22.7 Å². The Morgan fingerprint density at radius 3 is 2.10 bits per heavy atom. The third-order valence-corrected chi connectivity index (χ3v) is 10.9. The van der Waals surface area contributed by atoms with Gasteiger partial charge in [-0.15, -0.1) is 0 Å². The van der Waals surface area contributed by atoms with Crippen LogP contribution in [0.1, 0.15) is 23.2 Å². The Morgan fingerprint density at radius 2 is 1.35 bits per heavy atom. The number of hydrogen-bond donors (Lipinski definition) is 0. The van der Waals surface area contributed by atoms with Gasteiger partial charge in [0.05, 0.1) is 29.3 Å². The second kappa shape index (κ2) is 15.4. The standard InChI is InChI=1S/C45H43N4OS/c1-46-40(26-23-35-21-24-39(25-22-35)49(37-13-4-2-5-14-37)38-15-6-3-7-16-38)33-36(41-17-8-9-18-42(41)46)34-45-48(43-19-10-11-20-44(43)51-45)28-12-27-47-29-31-50-32-30-47/h2-11,13-26,33-34H,12,27-32H2,1H3/q+1. The first-order valence-electron chi connectivity index (χ1n) is 17.9. The normalized spacial score (nSPS) is 15.5. The lowest BCUT2D eigenvalue weighted by molar-refractivity contribution is -0.646. The average Bonchev–Trinajstić information content (AvgIpc) is 3.54. The highest BCUT2D eigenvalue weighted by molar-refractivity contribution is 8.03. The molecule has 2 aliphatic rings. The molecule has 1 saturated heterocycles. The minimum absolute atomic E-state index is 0.843. The highest BCUT2D eigenvalue weighted by atomic mass is 32.2. The van der Waals surface area contributed by atoms with Gasteiger partial charge in [-0.2, -0.15) is 4.57 Å². The average molecular weight is 688 g/mol. The number of fused-ring (bicyclic) bond motifs is 2. The van der Waals surface area contributed by atoms with E-state index < -0.39 is 0 Å². The van der Waals surface area contributed by atoms with Crippen molar-refractivity contribution in [1.29, 1.82) is 0 Å². The predicted molar refractivity (Wildman–Crippen MR) is 215 cm³/mol. The number of pyridine rings is 1. The van der Waals surface area contributed by atoms with Gasteiger partial charge in [0, 0.05) is 66.3 Å². The van der Waals surface area contributed by atoms with Crippen molar-refractivity contribution in [2.75, 3.05) is 49.2 Å². The van der Waals surface area contributed by atoms with Crippen LogP contribution in [-0.4, -0.2) is 44.3 Å². The third kappa shape index (κ3) is 7.35. The fourth-order valence-corrected chi connectivity index (χ4v) is 8.22. The quantitative estimate of drug-likeness (QED) is 0.133. The van der Waals surface area contributed by atoms with Crippen LogP contribution >= 0.6 is 11.8 Å². The van der Waals surface area contributed by atoms with Gasteiger partial charge in [-0.05, 0) is 84.3 Å². The van der Waals surface area contributed by atoms with E-state index in [2.05, 4.69) is 184 Å². The summed E-state index contributed by atoms with van der Waals surface area (Å²) in [5, 5.41) is 2.53. The van der Waals surface area contributed by atoms with E-state index in [4.69, 9.17) is 4.74 Å². The first kappa shape index (κ1) is 33.0. The molecule has 51 heavy (non-hydrogen) atoms. The molecule has 0 aliphatic carbocycles. The number of benzene rings is 5. The maximum absolute atomic E-state index is 5.58. The molecule has 0 unspecified atom stereocenters. The van der Waals surface area contributed by atoms with E-state index in [1.165, 1.54) is 32.1 Å². The summed E-state index contributed by atoms with van der Waals surface area (Å²) in [7, 11) is 2.16. The van der Waals surface area contributed by atoms with Gasteiger partial charge in [-0.3, -0.25) is 4.90 Å². The SMILES string of the molecule is C[n+]1c(/C=C/c2ccc(N(c3ccccc3)c3ccccc3)cc2)cc(/C=C2\Sc3ccccc3N2CCCN2CCOCC2)c2ccccc21. The van der Waals surface area contributed by atoms with Gasteiger partial charge in [0.1, 0.15) is 7.05 Å². The fourth-order valence-electron chi connectivity index (χ4n) is 7.08. The number of nitrogens with zero attached hydrogens (tertiary/aromatic N) is 4. The van der Waals surface area contributed by atoms with Crippen LogP contribution in [0.5, 0.6) is 0 Å². The summed E-state index contributed by atoms with van der Waals surface area (Å²) in [5.74, 6) is 0. The predicted octanol–water partition coefficient (Wildman–Crippen LogP) is 9.94. The molecule has 3 heterocycles. The summed E-state index contributed by atoms with van der Waals surface area (Å²) in [5.41, 5.74) is 9.45. The van der Waals surface area contributed by atoms with Crippen LogP contribution in [0.25, 0.3) is 29.1 Å². The molecule has 1 fully saturated rings. The second-order valence-corrected chi connectivity index (χ2v) is 14.1. The van der Waals surface area contributed by atoms with Gasteiger partial charge in [-0.25, -0.2) is 0 Å². The molecule has 0 saturated carbocycles. The smallest absolute Gasteiger partial charge is 0.213 e. The van der Waals surface area contributed by atoms with Crippen molar-refractivity contribution < 1.29 is 9.30 Å². The van der Waals surface area contributed by atoms with Crippen LogP contribution in [0, 0.1) is 0 Å². The van der Waals surface area contributed by atoms with E-state index in [-0.39, 0.29) is 0 Å². The van der Waals surface area contributed by atoms with E-state index in [1.54, 1.807) is 0 Å². The molecule has 1 aromatic heterocycles. The lowest BCUT2D eigenvalue weighted by Gasteiger charge is -2.28. The van der Waals surface area contributed by atoms with Crippen LogP contribution in [0.2, 0.25) is 0 Å². The van der Waals surface area contributed by atoms with Crippen molar-refractivity contribution in [2.45, 2.75) is 11.3 Å². The number of hydrogen-bond acceptors (Lipinski definition) is 5. The molecule has 0 amide bonds. The molecule has 5 nitrogen and oxygen atoms in total. The third-order valence-electron chi connectivity index (χ3n) is 9.77. The number of para-hydroxylation sites is 4. The van der Waals surface area contributed by atoms with E-state index in [0.29, 0.717) is 0 Å². The van der Waals surface area contributed by atoms with Crippen molar-refractivity contribution in [3.8, 4) is 0 Å². The summed E-state index contributed by atoms with van der Waals surface area (Å²) in [6.07, 6.45) is 7.97. The highest BCUT2D eigenvalue weighted by Gasteiger charge is 2.26. The monoisotopic (exact) mass is 687 g/mol. The van der Waals surface area contributed by atoms with E-state index in [1.807, 2.05) is 11.8 Å². The molecule has 0 spiro atoms. The van der Waals surface area contributed by atoms with E-state index in [9.17, 15) is 0 Å². The van der Waals surface area contributed by atoms with Crippen molar-refractivity contribution in [2.24, 2.45) is 7.05 Å². The number of rotatable bonds is 10. The lowest BCUT2D eigenvalue weighted by atomic mass is 10.1. The van der Waals surface area contributed by atoms with Gasteiger partial charge in [-0.1, -0.05) is 84.6 Å². The lowest BCUT2D eigenvalue weighted by Crippen LogP contribution is -2.37. The molecule has 0 atom stereocenters. The molecule has 6 aromatic rings. The first-order valence-corrected chi connectivity index (χ1v) is 18.7. The molecular formula is C45H43N4OS+. The van der Waals surface area contributed by atoms with Crippen molar-refractivity contribution in [3.05, 3.63) is 161 Å². The zero-order chi connectivity index (χ0) is 34.4. The Balaban J connectivity index is 1.09. The second-order valence-electron chi connectivity index (χ2n) is 13.0. The maximum Gasteiger partial charge on any atom is 0.213 e. The van der Waals surface area contributed by atoms with Gasteiger partial charge >= 0.3 is 0 Å². The number of aryl methyl sites for hydroxylation is 1. The number of thioether (sulfide) groups is 1. The van der Waals surface area contributed by atoms with Crippen LogP contribution in [0.3, 0.4) is 0 Å². The van der Waals surface area contributed by atoms with Crippen LogP contribution in [0.15, 0.2) is 149 Å². The number of aromatic nitrogens is 1. The molecule has 254 valence electrons. The number of ether oxygens (including phenoxy) is 1. The number of morpholine rings is 1. The van der Waals surface area contributed by atoms with Crippen molar-refractivity contribution >= 4 is 63.6 Å². The zero-order valence-electron chi connectivity index (χ0n) is 29.1. The Labute approximate surface area is 305 Å². The molecule has 2 aliphatic heterocycles. The van der Waals surface area contributed by atoms with E-state index >= 15 is 0 Å². The highest BCUT2D eigenvalue weighted by Crippen LogP contribution is 2.47. The first-order chi connectivity index (χ1) is 25.2.